The first-order chi connectivity index (χ1) is 12.8. The van der Waals surface area contributed by atoms with Crippen molar-refractivity contribution in [3.05, 3.63) is 107 Å². The molecule has 0 aliphatic rings. The molecule has 0 aromatic heterocycles. The molecule has 4 heteroatoms. The Labute approximate surface area is 166 Å². The van der Waals surface area contributed by atoms with Crippen molar-refractivity contribution in [3.63, 3.8) is 0 Å². The number of halogens is 1. The van der Waals surface area contributed by atoms with Gasteiger partial charge < -0.3 is 10.1 Å². The lowest BCUT2D eigenvalue weighted by Crippen LogP contribution is -2.16. The molecule has 140 valence electrons. The minimum absolute atomic E-state index is 0. The van der Waals surface area contributed by atoms with Crippen LogP contribution in [-0.2, 0) is 24.3 Å². The molecule has 0 aliphatic carbocycles. The zero-order valence-electron chi connectivity index (χ0n) is 15.1. The van der Waals surface area contributed by atoms with Crippen molar-refractivity contribution < 1.29 is 9.53 Å². The summed E-state index contributed by atoms with van der Waals surface area (Å²) in [5.41, 5.74) is 3.98. The highest BCUT2D eigenvalue weighted by Gasteiger charge is 2.08. The lowest BCUT2D eigenvalue weighted by molar-refractivity contribution is 0.0472. The number of benzene rings is 3. The minimum atomic E-state index is -0.284. The second-order valence-electron chi connectivity index (χ2n) is 6.17. The highest BCUT2D eigenvalue weighted by Crippen LogP contribution is 2.10. The smallest absolute Gasteiger partial charge is 0.338 e. The molecule has 0 amide bonds. The molecule has 0 bridgehead atoms. The van der Waals surface area contributed by atoms with E-state index in [2.05, 4.69) is 17.4 Å². The average molecular weight is 382 g/mol. The van der Waals surface area contributed by atoms with Crippen molar-refractivity contribution in [1.82, 2.24) is 5.32 Å². The van der Waals surface area contributed by atoms with Gasteiger partial charge in [-0.2, -0.15) is 0 Å². The normalized spacial score (nSPS) is 10.1. The van der Waals surface area contributed by atoms with Crippen LogP contribution < -0.4 is 5.32 Å². The number of carbonyl (C=O) groups excluding carboxylic acids is 1. The van der Waals surface area contributed by atoms with Crippen LogP contribution in [0, 0.1) is 0 Å². The van der Waals surface area contributed by atoms with E-state index in [1.165, 1.54) is 5.56 Å². The Balaban J connectivity index is 0.00000261. The van der Waals surface area contributed by atoms with Crippen molar-refractivity contribution >= 4 is 18.4 Å². The third-order valence-corrected chi connectivity index (χ3v) is 4.14. The predicted octanol–water partition coefficient (Wildman–Crippen LogP) is 4.80. The molecular formula is C23H24ClNO2. The van der Waals surface area contributed by atoms with E-state index in [1.807, 2.05) is 66.7 Å². The monoisotopic (exact) mass is 381 g/mol. The molecular weight excluding hydrogens is 358 g/mol. The molecule has 0 saturated carbocycles. The first-order valence-electron chi connectivity index (χ1n) is 8.86. The molecule has 1 N–H and O–H groups in total. The molecule has 3 nitrogen and oxygen atoms in total. The highest BCUT2D eigenvalue weighted by molar-refractivity contribution is 5.89. The average Bonchev–Trinajstić information content (AvgIpc) is 2.71. The maximum absolute atomic E-state index is 12.2. The van der Waals surface area contributed by atoms with Gasteiger partial charge in [-0.15, -0.1) is 12.4 Å². The van der Waals surface area contributed by atoms with E-state index in [4.69, 9.17) is 4.74 Å². The number of carbonyl (C=O) groups is 1. The van der Waals surface area contributed by atoms with Crippen LogP contribution >= 0.6 is 12.4 Å². The van der Waals surface area contributed by atoms with Gasteiger partial charge in [-0.1, -0.05) is 72.8 Å². The fourth-order valence-electron chi connectivity index (χ4n) is 2.72. The zero-order valence-corrected chi connectivity index (χ0v) is 16.0. The Bertz CT molecular complexity index is 822. The van der Waals surface area contributed by atoms with Crippen LogP contribution in [0.5, 0.6) is 0 Å². The molecule has 3 rings (SSSR count). The Morgan fingerprint density at radius 1 is 0.778 bits per heavy atom. The van der Waals surface area contributed by atoms with Gasteiger partial charge in [0.1, 0.15) is 6.61 Å². The third kappa shape index (κ3) is 6.89. The Hall–Kier alpha value is -2.62. The SMILES string of the molecule is Cl.O=C(OCc1ccccc1)c1cccc(CCNCc2ccccc2)c1. The number of rotatable bonds is 8. The van der Waals surface area contributed by atoms with E-state index in [1.54, 1.807) is 6.07 Å². The van der Waals surface area contributed by atoms with Crippen LogP contribution in [-0.4, -0.2) is 12.5 Å². The number of hydrogen-bond donors (Lipinski definition) is 1. The maximum atomic E-state index is 12.2. The van der Waals surface area contributed by atoms with E-state index in [9.17, 15) is 4.79 Å². The number of nitrogens with one attached hydrogen (secondary N) is 1. The summed E-state index contributed by atoms with van der Waals surface area (Å²) in [6.45, 7) is 2.00. The first-order valence-corrected chi connectivity index (χ1v) is 8.86. The Kier molecular flexibility index (Phi) is 8.56. The Morgan fingerprint density at radius 2 is 1.41 bits per heavy atom. The van der Waals surface area contributed by atoms with Crippen LogP contribution in [0.2, 0.25) is 0 Å². The molecule has 0 radical (unpaired) electrons. The molecule has 0 fully saturated rings. The van der Waals surface area contributed by atoms with Gasteiger partial charge in [-0.05, 0) is 41.8 Å². The van der Waals surface area contributed by atoms with E-state index in [-0.39, 0.29) is 18.4 Å². The first kappa shape index (κ1) is 20.7. The fraction of sp³-hybridized carbons (Fsp3) is 0.174. The van der Waals surface area contributed by atoms with Gasteiger partial charge in [-0.25, -0.2) is 4.79 Å². The molecule has 27 heavy (non-hydrogen) atoms. The van der Waals surface area contributed by atoms with Gasteiger partial charge in [0.2, 0.25) is 0 Å². The summed E-state index contributed by atoms with van der Waals surface area (Å²) in [7, 11) is 0. The molecule has 0 heterocycles. The predicted molar refractivity (Wildman–Crippen MR) is 111 cm³/mol. The number of ether oxygens (including phenoxy) is 1. The minimum Gasteiger partial charge on any atom is -0.457 e. The van der Waals surface area contributed by atoms with Gasteiger partial charge in [0.05, 0.1) is 5.56 Å². The lowest BCUT2D eigenvalue weighted by Gasteiger charge is -2.08. The maximum Gasteiger partial charge on any atom is 0.338 e. The van der Waals surface area contributed by atoms with Crippen LogP contribution in [0.25, 0.3) is 0 Å². The van der Waals surface area contributed by atoms with Crippen molar-refractivity contribution in [2.24, 2.45) is 0 Å². The topological polar surface area (TPSA) is 38.3 Å². The van der Waals surface area contributed by atoms with Crippen molar-refractivity contribution in [1.29, 1.82) is 0 Å². The van der Waals surface area contributed by atoms with Crippen molar-refractivity contribution in [2.75, 3.05) is 6.54 Å². The highest BCUT2D eigenvalue weighted by atomic mass is 35.5. The van der Waals surface area contributed by atoms with Gasteiger partial charge in [0, 0.05) is 6.54 Å². The molecule has 3 aromatic rings. The van der Waals surface area contributed by atoms with Crippen LogP contribution in [0.15, 0.2) is 84.9 Å². The summed E-state index contributed by atoms with van der Waals surface area (Å²) in [6.07, 6.45) is 0.868. The standard InChI is InChI=1S/C23H23NO2.ClH/c25-23(26-18-21-10-5-2-6-11-21)22-13-7-12-19(16-22)14-15-24-17-20-8-3-1-4-9-20;/h1-13,16,24H,14-15,17-18H2;1H. The largest absolute Gasteiger partial charge is 0.457 e. The summed E-state index contributed by atoms with van der Waals surface area (Å²) in [6, 6.07) is 27.7. The summed E-state index contributed by atoms with van der Waals surface area (Å²) in [5, 5.41) is 3.43. The summed E-state index contributed by atoms with van der Waals surface area (Å²) >= 11 is 0. The third-order valence-electron chi connectivity index (χ3n) is 4.14. The fourth-order valence-corrected chi connectivity index (χ4v) is 2.72. The van der Waals surface area contributed by atoms with E-state index in [0.717, 1.165) is 30.6 Å². The van der Waals surface area contributed by atoms with Crippen LogP contribution in [0.1, 0.15) is 27.0 Å². The number of hydrogen-bond acceptors (Lipinski definition) is 3. The summed E-state index contributed by atoms with van der Waals surface area (Å²) in [4.78, 5) is 12.2. The van der Waals surface area contributed by atoms with Gasteiger partial charge in [0.25, 0.3) is 0 Å². The van der Waals surface area contributed by atoms with Gasteiger partial charge in [-0.3, -0.25) is 0 Å². The molecule has 0 saturated heterocycles. The van der Waals surface area contributed by atoms with Gasteiger partial charge in [0.15, 0.2) is 0 Å². The summed E-state index contributed by atoms with van der Waals surface area (Å²) in [5.74, 6) is -0.284. The van der Waals surface area contributed by atoms with E-state index < -0.39 is 0 Å². The lowest BCUT2D eigenvalue weighted by atomic mass is 10.1. The van der Waals surface area contributed by atoms with Crippen molar-refractivity contribution in [2.45, 2.75) is 19.6 Å². The van der Waals surface area contributed by atoms with E-state index in [0.29, 0.717) is 12.2 Å². The second-order valence-corrected chi connectivity index (χ2v) is 6.17. The molecule has 3 aromatic carbocycles. The van der Waals surface area contributed by atoms with Crippen LogP contribution in [0.4, 0.5) is 0 Å². The molecule has 0 aliphatic heterocycles. The second kappa shape index (κ2) is 11.2. The van der Waals surface area contributed by atoms with E-state index >= 15 is 0 Å². The van der Waals surface area contributed by atoms with Crippen molar-refractivity contribution in [3.8, 4) is 0 Å². The molecule has 0 unspecified atom stereocenters. The summed E-state index contributed by atoms with van der Waals surface area (Å²) < 4.78 is 5.40. The molecule has 0 atom stereocenters. The zero-order chi connectivity index (χ0) is 18.0. The number of esters is 1. The van der Waals surface area contributed by atoms with Crippen LogP contribution in [0.3, 0.4) is 0 Å². The Morgan fingerprint density at radius 3 is 2.11 bits per heavy atom. The quantitative estimate of drug-likeness (QED) is 0.450. The molecule has 0 spiro atoms. The van der Waals surface area contributed by atoms with Gasteiger partial charge >= 0.3 is 5.97 Å².